The number of hydrogen-bond donors (Lipinski definition) is 3. The average Bonchev–Trinajstić information content (AvgIpc) is 3.10. The second-order valence-corrected chi connectivity index (χ2v) is 7.05. The van der Waals surface area contributed by atoms with Crippen molar-refractivity contribution in [2.45, 2.75) is 37.8 Å². The van der Waals surface area contributed by atoms with Crippen LogP contribution < -0.4 is 16.0 Å². The molecular weight excluding hydrogens is 326 g/mol. The van der Waals surface area contributed by atoms with Crippen LogP contribution in [0, 0.1) is 0 Å². The maximum Gasteiger partial charge on any atom is 0.166 e. The SMILES string of the molecule is CCCNC(=S)N[C@H]1CN[C@@H](C(c2ccccc2)c2ccccc2)C1. The first-order chi connectivity index (χ1) is 12.3. The smallest absolute Gasteiger partial charge is 0.166 e. The molecule has 0 radical (unpaired) electrons. The number of rotatable bonds is 6. The largest absolute Gasteiger partial charge is 0.363 e. The van der Waals surface area contributed by atoms with E-state index in [2.05, 4.69) is 83.5 Å². The molecular formula is C21H27N3S. The van der Waals surface area contributed by atoms with E-state index < -0.39 is 0 Å². The highest BCUT2D eigenvalue weighted by Gasteiger charge is 2.32. The van der Waals surface area contributed by atoms with E-state index in [0.29, 0.717) is 18.0 Å². The quantitative estimate of drug-likeness (QED) is 0.696. The minimum absolute atomic E-state index is 0.353. The van der Waals surface area contributed by atoms with Crippen LogP contribution in [0.25, 0.3) is 0 Å². The summed E-state index contributed by atoms with van der Waals surface area (Å²) < 4.78 is 0. The second-order valence-electron chi connectivity index (χ2n) is 6.65. The Balaban J connectivity index is 1.72. The normalized spacial score (nSPS) is 19.8. The van der Waals surface area contributed by atoms with Crippen molar-refractivity contribution < 1.29 is 0 Å². The van der Waals surface area contributed by atoms with Gasteiger partial charge in [0, 0.05) is 31.1 Å². The lowest BCUT2D eigenvalue weighted by molar-refractivity contribution is 0.530. The molecule has 0 saturated carbocycles. The average molecular weight is 354 g/mol. The molecule has 2 atom stereocenters. The summed E-state index contributed by atoms with van der Waals surface area (Å²) in [5.41, 5.74) is 2.72. The van der Waals surface area contributed by atoms with Crippen molar-refractivity contribution in [1.29, 1.82) is 0 Å². The standard InChI is InChI=1S/C21H27N3S/c1-2-13-22-21(25)24-18-14-19(23-15-18)20(16-9-5-3-6-10-16)17-11-7-4-8-12-17/h3-12,18-20,23H,2,13-15H2,1H3,(H2,22,24,25)/t18-,19-/m1/s1. The minimum Gasteiger partial charge on any atom is -0.363 e. The van der Waals surface area contributed by atoms with E-state index >= 15 is 0 Å². The first kappa shape index (κ1) is 17.9. The van der Waals surface area contributed by atoms with Crippen LogP contribution in [0.5, 0.6) is 0 Å². The molecule has 1 heterocycles. The summed E-state index contributed by atoms with van der Waals surface area (Å²) in [5.74, 6) is 0.353. The van der Waals surface area contributed by atoms with Gasteiger partial charge in [-0.25, -0.2) is 0 Å². The van der Waals surface area contributed by atoms with Gasteiger partial charge in [0.25, 0.3) is 0 Å². The lowest BCUT2D eigenvalue weighted by atomic mass is 9.84. The van der Waals surface area contributed by atoms with Crippen LogP contribution in [0.1, 0.15) is 36.8 Å². The molecule has 0 aliphatic carbocycles. The van der Waals surface area contributed by atoms with Crippen LogP contribution in [0.3, 0.4) is 0 Å². The van der Waals surface area contributed by atoms with E-state index in [9.17, 15) is 0 Å². The Kier molecular flexibility index (Phi) is 6.42. The van der Waals surface area contributed by atoms with Crippen LogP contribution in [0.4, 0.5) is 0 Å². The van der Waals surface area contributed by atoms with Gasteiger partial charge in [-0.3, -0.25) is 0 Å². The fraction of sp³-hybridized carbons (Fsp3) is 0.381. The zero-order valence-corrected chi connectivity index (χ0v) is 15.6. The van der Waals surface area contributed by atoms with E-state index in [4.69, 9.17) is 12.2 Å². The molecule has 4 heteroatoms. The van der Waals surface area contributed by atoms with E-state index in [1.807, 2.05) is 0 Å². The Bertz CT molecular complexity index is 620. The first-order valence-electron chi connectivity index (χ1n) is 9.15. The molecule has 1 fully saturated rings. The summed E-state index contributed by atoms with van der Waals surface area (Å²) in [6.07, 6.45) is 2.14. The summed E-state index contributed by atoms with van der Waals surface area (Å²) in [4.78, 5) is 0. The molecule has 0 unspecified atom stereocenters. The Morgan fingerprint density at radius 2 is 1.68 bits per heavy atom. The molecule has 0 amide bonds. The highest BCUT2D eigenvalue weighted by atomic mass is 32.1. The van der Waals surface area contributed by atoms with Gasteiger partial charge < -0.3 is 16.0 Å². The maximum absolute atomic E-state index is 5.40. The van der Waals surface area contributed by atoms with Crippen molar-refractivity contribution in [3.63, 3.8) is 0 Å². The Hall–Kier alpha value is -1.91. The highest BCUT2D eigenvalue weighted by molar-refractivity contribution is 7.80. The third-order valence-corrected chi connectivity index (χ3v) is 5.02. The topological polar surface area (TPSA) is 36.1 Å². The zero-order chi connectivity index (χ0) is 17.5. The molecule has 132 valence electrons. The van der Waals surface area contributed by atoms with Crippen molar-refractivity contribution in [3.05, 3.63) is 71.8 Å². The maximum atomic E-state index is 5.40. The lowest BCUT2D eigenvalue weighted by Crippen LogP contribution is -2.43. The molecule has 1 aliphatic rings. The van der Waals surface area contributed by atoms with E-state index in [1.165, 1.54) is 11.1 Å². The second kappa shape index (κ2) is 8.97. The van der Waals surface area contributed by atoms with Crippen molar-refractivity contribution in [2.24, 2.45) is 0 Å². The number of thiocarbonyl (C=S) groups is 1. The van der Waals surface area contributed by atoms with Gasteiger partial charge in [-0.15, -0.1) is 0 Å². The predicted octanol–water partition coefficient (Wildman–Crippen LogP) is 3.42. The predicted molar refractivity (Wildman–Crippen MR) is 109 cm³/mol. The van der Waals surface area contributed by atoms with Crippen molar-refractivity contribution in [3.8, 4) is 0 Å². The Labute approximate surface area is 156 Å². The number of hydrogen-bond acceptors (Lipinski definition) is 2. The molecule has 0 bridgehead atoms. The fourth-order valence-corrected chi connectivity index (χ4v) is 3.85. The van der Waals surface area contributed by atoms with Crippen LogP contribution in [-0.4, -0.2) is 30.3 Å². The van der Waals surface area contributed by atoms with Gasteiger partial charge in [0.15, 0.2) is 5.11 Å². The summed E-state index contributed by atoms with van der Waals surface area (Å²) in [5, 5.41) is 11.2. The summed E-state index contributed by atoms with van der Waals surface area (Å²) in [6.45, 7) is 4.01. The van der Waals surface area contributed by atoms with Gasteiger partial charge in [0.1, 0.15) is 0 Å². The zero-order valence-electron chi connectivity index (χ0n) is 14.7. The van der Waals surface area contributed by atoms with Crippen LogP contribution >= 0.6 is 12.2 Å². The van der Waals surface area contributed by atoms with Crippen LogP contribution in [0.2, 0.25) is 0 Å². The Morgan fingerprint density at radius 1 is 1.08 bits per heavy atom. The van der Waals surface area contributed by atoms with Gasteiger partial charge in [0.05, 0.1) is 0 Å². The summed E-state index contributed by atoms with van der Waals surface area (Å²) in [6, 6.07) is 22.3. The van der Waals surface area contributed by atoms with Gasteiger partial charge >= 0.3 is 0 Å². The number of benzene rings is 2. The Morgan fingerprint density at radius 3 is 2.24 bits per heavy atom. The molecule has 1 aliphatic heterocycles. The van der Waals surface area contributed by atoms with Crippen molar-refractivity contribution in [1.82, 2.24) is 16.0 Å². The monoisotopic (exact) mass is 353 g/mol. The third kappa shape index (κ3) is 4.80. The molecule has 0 aromatic heterocycles. The third-order valence-electron chi connectivity index (χ3n) is 4.76. The molecule has 2 aromatic rings. The van der Waals surface area contributed by atoms with Crippen molar-refractivity contribution >= 4 is 17.3 Å². The van der Waals surface area contributed by atoms with Gasteiger partial charge in [-0.05, 0) is 36.2 Å². The fourth-order valence-electron chi connectivity index (χ4n) is 3.58. The molecule has 3 rings (SSSR count). The minimum atomic E-state index is 0.353. The first-order valence-corrected chi connectivity index (χ1v) is 9.56. The van der Waals surface area contributed by atoms with E-state index in [0.717, 1.165) is 31.0 Å². The molecule has 3 N–H and O–H groups in total. The highest BCUT2D eigenvalue weighted by Crippen LogP contribution is 2.32. The lowest BCUT2D eigenvalue weighted by Gasteiger charge is -2.25. The van der Waals surface area contributed by atoms with Gasteiger partial charge in [0.2, 0.25) is 0 Å². The van der Waals surface area contributed by atoms with E-state index in [1.54, 1.807) is 0 Å². The molecule has 3 nitrogen and oxygen atoms in total. The van der Waals surface area contributed by atoms with E-state index in [-0.39, 0.29) is 0 Å². The van der Waals surface area contributed by atoms with Crippen LogP contribution in [-0.2, 0) is 0 Å². The molecule has 0 spiro atoms. The summed E-state index contributed by atoms with van der Waals surface area (Å²) >= 11 is 5.40. The molecule has 2 aromatic carbocycles. The van der Waals surface area contributed by atoms with Gasteiger partial charge in [-0.1, -0.05) is 67.6 Å². The van der Waals surface area contributed by atoms with Gasteiger partial charge in [-0.2, -0.15) is 0 Å². The van der Waals surface area contributed by atoms with Crippen molar-refractivity contribution in [2.75, 3.05) is 13.1 Å². The summed E-state index contributed by atoms with van der Waals surface area (Å²) in [7, 11) is 0. The molecule has 25 heavy (non-hydrogen) atoms. The number of nitrogens with one attached hydrogen (secondary N) is 3. The molecule has 1 saturated heterocycles. The van der Waals surface area contributed by atoms with Crippen LogP contribution in [0.15, 0.2) is 60.7 Å².